The molecule has 0 atom stereocenters. The van der Waals surface area contributed by atoms with Gasteiger partial charge in [-0.1, -0.05) is 48.5 Å². The minimum atomic E-state index is 0.00765. The fourth-order valence-electron chi connectivity index (χ4n) is 6.09. The van der Waals surface area contributed by atoms with Crippen LogP contribution in [-0.2, 0) is 6.54 Å². The summed E-state index contributed by atoms with van der Waals surface area (Å²) in [5.41, 5.74) is 7.03. The second-order valence-electron chi connectivity index (χ2n) is 10.6. The molecule has 4 aromatic rings. The third-order valence-electron chi connectivity index (χ3n) is 8.24. The number of piperidine rings is 1. The van der Waals surface area contributed by atoms with Crippen LogP contribution in [0.2, 0.25) is 0 Å². The highest BCUT2D eigenvalue weighted by Crippen LogP contribution is 2.28. The third kappa shape index (κ3) is 5.27. The van der Waals surface area contributed by atoms with E-state index in [1.807, 2.05) is 28.8 Å². The maximum Gasteiger partial charge on any atom is 0.326 e. The lowest BCUT2D eigenvalue weighted by molar-refractivity contribution is 0.180. The zero-order valence-electron chi connectivity index (χ0n) is 21.9. The first-order chi connectivity index (χ1) is 18.7. The fraction of sp³-hybridized carbons (Fsp3) is 0.387. The van der Waals surface area contributed by atoms with Gasteiger partial charge in [-0.3, -0.25) is 14.4 Å². The van der Waals surface area contributed by atoms with Crippen LogP contribution in [0.25, 0.3) is 22.2 Å². The summed E-state index contributed by atoms with van der Waals surface area (Å²) < 4.78 is 1.96. The first-order valence-corrected chi connectivity index (χ1v) is 13.9. The minimum absolute atomic E-state index is 0.00765. The Morgan fingerprint density at radius 2 is 1.55 bits per heavy atom. The number of aromatic nitrogens is 2. The van der Waals surface area contributed by atoms with Crippen molar-refractivity contribution >= 4 is 16.7 Å². The monoisotopic (exact) mass is 511 g/mol. The molecule has 2 saturated heterocycles. The number of benzene rings is 3. The Hall–Kier alpha value is -3.39. The van der Waals surface area contributed by atoms with Crippen molar-refractivity contribution in [1.82, 2.24) is 19.4 Å². The van der Waals surface area contributed by atoms with Gasteiger partial charge in [0.1, 0.15) is 0 Å². The summed E-state index contributed by atoms with van der Waals surface area (Å²) in [4.78, 5) is 22.9. The molecule has 3 heterocycles. The van der Waals surface area contributed by atoms with E-state index in [2.05, 4.69) is 68.2 Å². The molecular formula is C31H37N5O2. The van der Waals surface area contributed by atoms with Crippen LogP contribution in [0.4, 0.5) is 5.69 Å². The van der Waals surface area contributed by atoms with Crippen molar-refractivity contribution in [1.29, 1.82) is 0 Å². The standard InChI is InChI=1S/C31H37N5O2/c37-21-20-33-16-18-35(19-17-33)28-5-3-4-26(22-28)25-10-8-24(9-11-25)23-34-14-12-27(13-15-34)36-30-7-2-1-6-29(30)32-31(36)38/h1-11,22,27,37H,12-21,23H2,(H,32,38). The number of nitrogens with one attached hydrogen (secondary N) is 1. The van der Waals surface area contributed by atoms with Crippen molar-refractivity contribution in [2.75, 3.05) is 57.3 Å². The summed E-state index contributed by atoms with van der Waals surface area (Å²) in [5.74, 6) is 0. The quantitative estimate of drug-likeness (QED) is 0.393. The van der Waals surface area contributed by atoms with Crippen LogP contribution in [0.5, 0.6) is 0 Å². The van der Waals surface area contributed by atoms with E-state index >= 15 is 0 Å². The fourth-order valence-corrected chi connectivity index (χ4v) is 6.09. The van der Waals surface area contributed by atoms with Gasteiger partial charge in [0.05, 0.1) is 17.6 Å². The topological polar surface area (TPSA) is 67.7 Å². The van der Waals surface area contributed by atoms with Crippen molar-refractivity contribution in [3.63, 3.8) is 0 Å². The van der Waals surface area contributed by atoms with Crippen molar-refractivity contribution in [3.05, 3.63) is 88.8 Å². The van der Waals surface area contributed by atoms with E-state index in [-0.39, 0.29) is 18.3 Å². The lowest BCUT2D eigenvalue weighted by Gasteiger charge is -2.36. The summed E-state index contributed by atoms with van der Waals surface area (Å²) in [5, 5.41) is 9.19. The SMILES string of the molecule is O=c1[nH]c2ccccc2n1C1CCN(Cc2ccc(-c3cccc(N4CCN(CCO)CC4)c3)cc2)CC1. The predicted molar refractivity (Wildman–Crippen MR) is 154 cm³/mol. The number of hydrogen-bond donors (Lipinski definition) is 2. The molecule has 0 amide bonds. The molecule has 0 aliphatic carbocycles. The van der Waals surface area contributed by atoms with E-state index in [9.17, 15) is 9.90 Å². The molecule has 0 bridgehead atoms. The summed E-state index contributed by atoms with van der Waals surface area (Å²) in [7, 11) is 0. The number of nitrogens with zero attached hydrogens (tertiary/aromatic N) is 4. The van der Waals surface area contributed by atoms with Crippen molar-refractivity contribution < 1.29 is 5.11 Å². The summed E-state index contributed by atoms with van der Waals surface area (Å²) in [6, 6.07) is 26.1. The highest BCUT2D eigenvalue weighted by Gasteiger charge is 2.23. The van der Waals surface area contributed by atoms with E-state index < -0.39 is 0 Å². The average molecular weight is 512 g/mol. The number of imidazole rings is 1. The number of β-amino-alcohol motifs (C(OH)–C–C–N with tert-alkyl or cyclic N) is 1. The lowest BCUT2D eigenvalue weighted by atomic mass is 10.0. The molecule has 0 saturated carbocycles. The number of aliphatic hydroxyl groups is 1. The van der Waals surface area contributed by atoms with Gasteiger partial charge in [0.2, 0.25) is 0 Å². The van der Waals surface area contributed by atoms with E-state index in [4.69, 9.17) is 0 Å². The van der Waals surface area contributed by atoms with Gasteiger partial charge in [-0.05, 0) is 53.8 Å². The summed E-state index contributed by atoms with van der Waals surface area (Å²) >= 11 is 0. The van der Waals surface area contributed by atoms with Gasteiger partial charge >= 0.3 is 5.69 Å². The van der Waals surface area contributed by atoms with E-state index in [0.29, 0.717) is 0 Å². The number of H-pyrrole nitrogens is 1. The van der Waals surface area contributed by atoms with E-state index in [0.717, 1.165) is 76.2 Å². The van der Waals surface area contributed by atoms with Crippen molar-refractivity contribution in [2.24, 2.45) is 0 Å². The van der Waals surface area contributed by atoms with Gasteiger partial charge in [-0.25, -0.2) is 4.79 Å². The number of anilines is 1. The number of hydrogen-bond acceptors (Lipinski definition) is 5. The minimum Gasteiger partial charge on any atom is -0.395 e. The number of fused-ring (bicyclic) bond motifs is 1. The molecule has 7 heteroatoms. The Balaban J connectivity index is 1.06. The smallest absolute Gasteiger partial charge is 0.326 e. The highest BCUT2D eigenvalue weighted by atomic mass is 16.3. The number of rotatable bonds is 7. The van der Waals surface area contributed by atoms with Crippen LogP contribution in [0.3, 0.4) is 0 Å². The molecule has 0 unspecified atom stereocenters. The van der Waals surface area contributed by atoms with Crippen LogP contribution in [-0.4, -0.2) is 76.9 Å². The molecule has 38 heavy (non-hydrogen) atoms. The molecule has 2 aliphatic rings. The summed E-state index contributed by atoms with van der Waals surface area (Å²) in [6.45, 7) is 7.90. The van der Waals surface area contributed by atoms with E-state index in [1.54, 1.807) is 0 Å². The molecule has 0 spiro atoms. The molecular weight excluding hydrogens is 474 g/mol. The number of likely N-dealkylation sites (tertiary alicyclic amines) is 1. The van der Waals surface area contributed by atoms with Crippen LogP contribution >= 0.6 is 0 Å². The number of aromatic amines is 1. The Bertz CT molecular complexity index is 1410. The van der Waals surface area contributed by atoms with Crippen molar-refractivity contribution in [2.45, 2.75) is 25.4 Å². The first-order valence-electron chi connectivity index (χ1n) is 13.9. The molecule has 6 rings (SSSR count). The Labute approximate surface area is 223 Å². The molecule has 198 valence electrons. The zero-order valence-corrected chi connectivity index (χ0v) is 21.9. The maximum absolute atomic E-state index is 12.6. The average Bonchev–Trinajstić information content (AvgIpc) is 3.30. The normalized spacial score (nSPS) is 17.9. The number of para-hydroxylation sites is 2. The van der Waals surface area contributed by atoms with Crippen LogP contribution in [0.15, 0.2) is 77.6 Å². The molecule has 7 nitrogen and oxygen atoms in total. The molecule has 2 aliphatic heterocycles. The molecule has 3 aromatic carbocycles. The number of piperazine rings is 1. The molecule has 0 radical (unpaired) electrons. The van der Waals surface area contributed by atoms with Gasteiger partial charge in [-0.2, -0.15) is 0 Å². The van der Waals surface area contributed by atoms with Gasteiger partial charge in [-0.15, -0.1) is 0 Å². The summed E-state index contributed by atoms with van der Waals surface area (Å²) in [6.07, 6.45) is 1.97. The Morgan fingerprint density at radius 1 is 0.789 bits per heavy atom. The number of aliphatic hydroxyl groups excluding tert-OH is 1. The second kappa shape index (κ2) is 11.2. The van der Waals surface area contributed by atoms with Gasteiger partial charge in [0.25, 0.3) is 0 Å². The van der Waals surface area contributed by atoms with Crippen LogP contribution in [0, 0.1) is 0 Å². The van der Waals surface area contributed by atoms with Crippen LogP contribution in [0.1, 0.15) is 24.4 Å². The van der Waals surface area contributed by atoms with Gasteiger partial charge in [0, 0.05) is 64.1 Å². The highest BCUT2D eigenvalue weighted by molar-refractivity contribution is 5.75. The van der Waals surface area contributed by atoms with Crippen LogP contribution < -0.4 is 10.6 Å². The maximum atomic E-state index is 12.6. The largest absolute Gasteiger partial charge is 0.395 e. The Kier molecular flexibility index (Phi) is 7.31. The Morgan fingerprint density at radius 3 is 2.32 bits per heavy atom. The second-order valence-corrected chi connectivity index (χ2v) is 10.6. The molecule has 2 N–H and O–H groups in total. The van der Waals surface area contributed by atoms with Gasteiger partial charge < -0.3 is 15.0 Å². The van der Waals surface area contributed by atoms with Gasteiger partial charge in [0.15, 0.2) is 0 Å². The predicted octanol–water partition coefficient (Wildman–Crippen LogP) is 3.95. The third-order valence-corrected chi connectivity index (χ3v) is 8.24. The lowest BCUT2D eigenvalue weighted by Crippen LogP contribution is -2.47. The first kappa shape index (κ1) is 24.9. The van der Waals surface area contributed by atoms with Crippen molar-refractivity contribution in [3.8, 4) is 11.1 Å². The molecule has 2 fully saturated rings. The van der Waals surface area contributed by atoms with E-state index in [1.165, 1.54) is 22.4 Å². The zero-order chi connectivity index (χ0) is 25.9. The molecule has 1 aromatic heterocycles.